The molecule has 1 heterocycles. The van der Waals surface area contributed by atoms with Crippen molar-refractivity contribution in [1.82, 2.24) is 9.78 Å². The van der Waals surface area contributed by atoms with E-state index in [1.165, 1.54) is 12.8 Å². The minimum Gasteiger partial charge on any atom is -0.287 e. The van der Waals surface area contributed by atoms with Crippen molar-refractivity contribution in [3.63, 3.8) is 0 Å². The number of benzene rings is 1. The van der Waals surface area contributed by atoms with Gasteiger partial charge in [0, 0.05) is 11.9 Å². The minimum absolute atomic E-state index is 0.0580. The molecule has 1 aliphatic carbocycles. The van der Waals surface area contributed by atoms with Crippen LogP contribution < -0.4 is 5.43 Å². The summed E-state index contributed by atoms with van der Waals surface area (Å²) in [5.74, 6) is 0.762. The first-order valence-corrected chi connectivity index (χ1v) is 5.72. The number of rotatable bonds is 2. The van der Waals surface area contributed by atoms with Gasteiger partial charge >= 0.3 is 0 Å². The zero-order valence-corrected chi connectivity index (χ0v) is 9.31. The molecule has 16 heavy (non-hydrogen) atoms. The predicted molar refractivity (Wildman–Crippen MR) is 63.5 cm³/mol. The first-order chi connectivity index (χ1) is 7.75. The number of nitrogens with zero attached hydrogens (tertiary/aromatic N) is 2. The fraction of sp³-hybridized carbons (Fsp3) is 0.385. The van der Waals surface area contributed by atoms with Crippen molar-refractivity contribution >= 4 is 10.9 Å². The molecule has 1 aromatic carbocycles. The maximum atomic E-state index is 11.9. The van der Waals surface area contributed by atoms with Gasteiger partial charge in [0.15, 0.2) is 0 Å². The van der Waals surface area contributed by atoms with Crippen LogP contribution in [-0.2, 0) is 6.54 Å². The lowest BCUT2D eigenvalue weighted by molar-refractivity contribution is 0.565. The van der Waals surface area contributed by atoms with E-state index in [9.17, 15) is 4.79 Å². The molecule has 2 aromatic rings. The Bertz CT molecular complexity index is 596. The van der Waals surface area contributed by atoms with Crippen LogP contribution in [0.25, 0.3) is 10.9 Å². The van der Waals surface area contributed by atoms with E-state index in [1.807, 2.05) is 28.9 Å². The van der Waals surface area contributed by atoms with Crippen molar-refractivity contribution in [2.75, 3.05) is 0 Å². The van der Waals surface area contributed by atoms with Crippen LogP contribution in [0.15, 0.2) is 29.1 Å². The summed E-state index contributed by atoms with van der Waals surface area (Å²) in [6.45, 7) is 2.74. The molecule has 1 saturated carbocycles. The van der Waals surface area contributed by atoms with Crippen molar-refractivity contribution < 1.29 is 0 Å². The highest BCUT2D eigenvalue weighted by atomic mass is 16.1. The maximum Gasteiger partial charge on any atom is 0.210 e. The molecule has 0 radical (unpaired) electrons. The van der Waals surface area contributed by atoms with Crippen LogP contribution in [0.4, 0.5) is 0 Å². The summed E-state index contributed by atoms with van der Waals surface area (Å²) >= 11 is 0. The van der Waals surface area contributed by atoms with Gasteiger partial charge in [-0.25, -0.2) is 0 Å². The van der Waals surface area contributed by atoms with E-state index in [4.69, 9.17) is 0 Å². The molecule has 3 rings (SSSR count). The zero-order valence-electron chi connectivity index (χ0n) is 9.31. The van der Waals surface area contributed by atoms with Crippen molar-refractivity contribution in [2.45, 2.75) is 26.3 Å². The molecule has 0 bridgehead atoms. The van der Waals surface area contributed by atoms with Crippen LogP contribution in [0.2, 0.25) is 0 Å². The van der Waals surface area contributed by atoms with Gasteiger partial charge in [-0.1, -0.05) is 12.1 Å². The summed E-state index contributed by atoms with van der Waals surface area (Å²) in [4.78, 5) is 11.9. The predicted octanol–water partition coefficient (Wildman–Crippen LogP) is 2.11. The van der Waals surface area contributed by atoms with E-state index in [-0.39, 0.29) is 5.43 Å². The Morgan fingerprint density at radius 3 is 2.88 bits per heavy atom. The number of aromatic nitrogens is 2. The SMILES string of the molecule is Cc1nn(CC2CC2)c2ccccc2c1=O. The third-order valence-electron chi connectivity index (χ3n) is 3.15. The molecular formula is C13H14N2O. The van der Waals surface area contributed by atoms with E-state index < -0.39 is 0 Å². The largest absolute Gasteiger partial charge is 0.287 e. The van der Waals surface area contributed by atoms with Gasteiger partial charge in [0.2, 0.25) is 5.43 Å². The van der Waals surface area contributed by atoms with Crippen molar-refractivity contribution in [3.8, 4) is 0 Å². The van der Waals surface area contributed by atoms with E-state index in [0.29, 0.717) is 5.69 Å². The molecule has 1 aromatic heterocycles. The van der Waals surface area contributed by atoms with E-state index in [0.717, 1.165) is 23.4 Å². The highest BCUT2D eigenvalue weighted by molar-refractivity contribution is 5.78. The van der Waals surface area contributed by atoms with Crippen molar-refractivity contribution in [3.05, 3.63) is 40.2 Å². The Morgan fingerprint density at radius 2 is 2.12 bits per heavy atom. The van der Waals surface area contributed by atoms with Gasteiger partial charge in [0.25, 0.3) is 0 Å². The number of fused-ring (bicyclic) bond motifs is 1. The van der Waals surface area contributed by atoms with Gasteiger partial charge in [-0.05, 0) is 37.8 Å². The fourth-order valence-corrected chi connectivity index (χ4v) is 2.05. The molecule has 3 nitrogen and oxygen atoms in total. The van der Waals surface area contributed by atoms with E-state index in [1.54, 1.807) is 6.92 Å². The molecule has 3 heteroatoms. The van der Waals surface area contributed by atoms with Crippen LogP contribution >= 0.6 is 0 Å². The molecule has 82 valence electrons. The summed E-state index contributed by atoms with van der Waals surface area (Å²) in [6.07, 6.45) is 2.59. The average Bonchev–Trinajstić information content (AvgIpc) is 3.10. The first-order valence-electron chi connectivity index (χ1n) is 5.72. The molecule has 0 spiro atoms. The second kappa shape index (κ2) is 3.44. The van der Waals surface area contributed by atoms with Crippen LogP contribution in [0, 0.1) is 12.8 Å². The number of hydrogen-bond donors (Lipinski definition) is 0. The molecule has 1 fully saturated rings. The minimum atomic E-state index is 0.0580. The number of para-hydroxylation sites is 1. The molecule has 0 amide bonds. The summed E-state index contributed by atoms with van der Waals surface area (Å²) in [5.41, 5.74) is 1.62. The molecule has 0 saturated heterocycles. The summed E-state index contributed by atoms with van der Waals surface area (Å²) in [7, 11) is 0. The van der Waals surface area contributed by atoms with Crippen molar-refractivity contribution in [1.29, 1.82) is 0 Å². The highest BCUT2D eigenvalue weighted by Gasteiger charge is 2.22. The smallest absolute Gasteiger partial charge is 0.210 e. The van der Waals surface area contributed by atoms with Gasteiger partial charge in [0.05, 0.1) is 5.52 Å². The topological polar surface area (TPSA) is 34.9 Å². The maximum absolute atomic E-state index is 11.9. The summed E-state index contributed by atoms with van der Waals surface area (Å²) in [6, 6.07) is 7.73. The van der Waals surface area contributed by atoms with Gasteiger partial charge in [-0.3, -0.25) is 9.48 Å². The van der Waals surface area contributed by atoms with Crippen LogP contribution in [0.3, 0.4) is 0 Å². The standard InChI is InChI=1S/C13H14N2O/c1-9-13(16)11-4-2-3-5-12(11)15(14-9)8-10-6-7-10/h2-5,10H,6-8H2,1H3. The number of aryl methyl sites for hydroxylation is 1. The van der Waals surface area contributed by atoms with Crippen molar-refractivity contribution in [2.24, 2.45) is 5.92 Å². The molecule has 0 aliphatic heterocycles. The van der Waals surface area contributed by atoms with Crippen LogP contribution in [-0.4, -0.2) is 9.78 Å². The molecule has 1 aliphatic rings. The van der Waals surface area contributed by atoms with Gasteiger partial charge in [0.1, 0.15) is 5.69 Å². The zero-order chi connectivity index (χ0) is 11.1. The summed E-state index contributed by atoms with van der Waals surface area (Å²) in [5, 5.41) is 5.17. The Balaban J connectivity index is 2.26. The normalized spacial score (nSPS) is 15.6. The van der Waals surface area contributed by atoms with Crippen LogP contribution in [0.5, 0.6) is 0 Å². The highest BCUT2D eigenvalue weighted by Crippen LogP contribution is 2.30. The monoisotopic (exact) mass is 214 g/mol. The fourth-order valence-electron chi connectivity index (χ4n) is 2.05. The second-order valence-corrected chi connectivity index (χ2v) is 4.56. The Morgan fingerprint density at radius 1 is 1.38 bits per heavy atom. The first kappa shape index (κ1) is 9.58. The Labute approximate surface area is 93.7 Å². The lowest BCUT2D eigenvalue weighted by atomic mass is 10.2. The van der Waals surface area contributed by atoms with E-state index >= 15 is 0 Å². The van der Waals surface area contributed by atoms with Gasteiger partial charge < -0.3 is 0 Å². The Hall–Kier alpha value is -1.64. The molecular weight excluding hydrogens is 200 g/mol. The molecule has 0 unspecified atom stereocenters. The quantitative estimate of drug-likeness (QED) is 0.767. The van der Waals surface area contributed by atoms with Gasteiger partial charge in [-0.15, -0.1) is 0 Å². The molecule has 0 atom stereocenters. The third kappa shape index (κ3) is 1.52. The number of hydrogen-bond acceptors (Lipinski definition) is 2. The van der Waals surface area contributed by atoms with Gasteiger partial charge in [-0.2, -0.15) is 5.10 Å². The summed E-state index contributed by atoms with van der Waals surface area (Å²) < 4.78 is 1.99. The van der Waals surface area contributed by atoms with Crippen LogP contribution in [0.1, 0.15) is 18.5 Å². The lowest BCUT2D eigenvalue weighted by Gasteiger charge is -2.09. The average molecular weight is 214 g/mol. The third-order valence-corrected chi connectivity index (χ3v) is 3.15. The second-order valence-electron chi connectivity index (χ2n) is 4.56. The Kier molecular flexibility index (Phi) is 2.06. The lowest BCUT2D eigenvalue weighted by Crippen LogP contribution is -2.17. The molecule has 0 N–H and O–H groups in total. The van der Waals surface area contributed by atoms with E-state index in [2.05, 4.69) is 5.10 Å².